The van der Waals surface area contributed by atoms with E-state index in [9.17, 15) is 4.79 Å². The summed E-state index contributed by atoms with van der Waals surface area (Å²) in [6.45, 7) is 3.71. The Kier molecular flexibility index (Phi) is 4.39. The highest BCUT2D eigenvalue weighted by Gasteiger charge is 2.16. The molecule has 5 heteroatoms. The van der Waals surface area contributed by atoms with E-state index in [1.807, 2.05) is 48.3 Å². The van der Waals surface area contributed by atoms with Gasteiger partial charge in [-0.1, -0.05) is 6.07 Å². The predicted molar refractivity (Wildman–Crippen MR) is 77.3 cm³/mol. The summed E-state index contributed by atoms with van der Waals surface area (Å²) < 4.78 is 0. The van der Waals surface area contributed by atoms with E-state index >= 15 is 0 Å². The van der Waals surface area contributed by atoms with Crippen molar-refractivity contribution < 1.29 is 4.79 Å². The molecule has 0 bridgehead atoms. The minimum absolute atomic E-state index is 0.0340. The number of hydrazine groups is 1. The van der Waals surface area contributed by atoms with Crippen molar-refractivity contribution in [1.82, 2.24) is 15.3 Å². The molecule has 1 aliphatic heterocycles. The maximum Gasteiger partial charge on any atom is 0.265 e. The van der Waals surface area contributed by atoms with Gasteiger partial charge < -0.3 is 9.80 Å². The van der Waals surface area contributed by atoms with Crippen LogP contribution >= 0.6 is 0 Å². The van der Waals surface area contributed by atoms with Crippen LogP contribution in [0, 0.1) is 0 Å². The molecule has 104 valence electrons. The van der Waals surface area contributed by atoms with Crippen LogP contribution in [0.3, 0.4) is 0 Å². The Bertz CT molecular complexity index is 439. The van der Waals surface area contributed by atoms with Crippen LogP contribution in [0.1, 0.15) is 10.4 Å². The van der Waals surface area contributed by atoms with E-state index in [0.717, 1.165) is 31.9 Å². The first-order valence-electron chi connectivity index (χ1n) is 6.58. The van der Waals surface area contributed by atoms with Gasteiger partial charge in [0.2, 0.25) is 0 Å². The lowest BCUT2D eigenvalue weighted by atomic mass is 10.2. The number of carbonyl (C=O) groups excluding carboxylic acids is 1. The SMILES string of the molecule is CN1CCN(NC(=O)c2cccc(N(C)C)c2)CC1. The molecule has 0 spiro atoms. The van der Waals surface area contributed by atoms with Crippen molar-refractivity contribution in [2.75, 3.05) is 52.2 Å². The molecule has 2 rings (SSSR count). The van der Waals surface area contributed by atoms with E-state index in [4.69, 9.17) is 0 Å². The number of anilines is 1. The minimum Gasteiger partial charge on any atom is -0.378 e. The van der Waals surface area contributed by atoms with E-state index in [1.54, 1.807) is 0 Å². The maximum absolute atomic E-state index is 12.2. The third kappa shape index (κ3) is 3.68. The summed E-state index contributed by atoms with van der Waals surface area (Å²) in [4.78, 5) is 16.4. The molecule has 1 saturated heterocycles. The number of nitrogens with one attached hydrogen (secondary N) is 1. The molecule has 1 aromatic rings. The molecule has 0 radical (unpaired) electrons. The highest BCUT2D eigenvalue weighted by Crippen LogP contribution is 2.13. The number of likely N-dealkylation sites (N-methyl/N-ethyl adjacent to an activating group) is 1. The molecule has 1 aliphatic rings. The molecule has 1 aromatic carbocycles. The van der Waals surface area contributed by atoms with Crippen molar-refractivity contribution in [3.05, 3.63) is 29.8 Å². The number of hydrogen-bond donors (Lipinski definition) is 1. The number of hydrogen-bond acceptors (Lipinski definition) is 4. The largest absolute Gasteiger partial charge is 0.378 e. The number of amides is 1. The van der Waals surface area contributed by atoms with Gasteiger partial charge >= 0.3 is 0 Å². The van der Waals surface area contributed by atoms with Gasteiger partial charge in [0.1, 0.15) is 0 Å². The number of rotatable bonds is 3. The van der Waals surface area contributed by atoms with Gasteiger partial charge in [-0.25, -0.2) is 5.01 Å². The zero-order valence-electron chi connectivity index (χ0n) is 11.9. The second kappa shape index (κ2) is 6.04. The molecule has 1 N–H and O–H groups in total. The molecule has 1 amide bonds. The van der Waals surface area contributed by atoms with Crippen molar-refractivity contribution in [2.24, 2.45) is 0 Å². The predicted octanol–water partition coefficient (Wildman–Crippen LogP) is 0.645. The number of piperazine rings is 1. The van der Waals surface area contributed by atoms with E-state index < -0.39 is 0 Å². The summed E-state index contributed by atoms with van der Waals surface area (Å²) >= 11 is 0. The van der Waals surface area contributed by atoms with Gasteiger partial charge in [0.25, 0.3) is 5.91 Å². The van der Waals surface area contributed by atoms with Crippen LogP contribution in [0.4, 0.5) is 5.69 Å². The van der Waals surface area contributed by atoms with Gasteiger partial charge in [-0.05, 0) is 25.2 Å². The minimum atomic E-state index is -0.0340. The molecule has 0 aromatic heterocycles. The van der Waals surface area contributed by atoms with Crippen LogP contribution in [-0.4, -0.2) is 63.1 Å². The molecule has 0 atom stereocenters. The van der Waals surface area contributed by atoms with Gasteiger partial charge in [0.05, 0.1) is 0 Å². The Balaban J connectivity index is 1.98. The normalized spacial score (nSPS) is 17.2. The van der Waals surface area contributed by atoms with Crippen LogP contribution in [0.5, 0.6) is 0 Å². The van der Waals surface area contributed by atoms with Crippen molar-refractivity contribution in [2.45, 2.75) is 0 Å². The lowest BCUT2D eigenvalue weighted by molar-refractivity contribution is 0.0662. The zero-order valence-corrected chi connectivity index (χ0v) is 11.9. The van der Waals surface area contributed by atoms with Gasteiger partial charge in [-0.2, -0.15) is 0 Å². The topological polar surface area (TPSA) is 38.8 Å². The summed E-state index contributed by atoms with van der Waals surface area (Å²) in [7, 11) is 6.04. The third-order valence-corrected chi connectivity index (χ3v) is 3.39. The lowest BCUT2D eigenvalue weighted by Crippen LogP contribution is -2.52. The highest BCUT2D eigenvalue weighted by atomic mass is 16.2. The summed E-state index contributed by atoms with van der Waals surface area (Å²) in [5.74, 6) is -0.0340. The second-order valence-corrected chi connectivity index (χ2v) is 5.18. The number of carbonyl (C=O) groups is 1. The Morgan fingerprint density at radius 2 is 1.89 bits per heavy atom. The summed E-state index contributed by atoms with van der Waals surface area (Å²) in [5, 5.41) is 1.99. The molecule has 0 aliphatic carbocycles. The van der Waals surface area contributed by atoms with E-state index in [-0.39, 0.29) is 5.91 Å². The Morgan fingerprint density at radius 3 is 2.53 bits per heavy atom. The average Bonchev–Trinajstić information content (AvgIpc) is 2.41. The number of benzene rings is 1. The molecule has 1 fully saturated rings. The summed E-state index contributed by atoms with van der Waals surface area (Å²) in [5.41, 5.74) is 4.70. The molecule has 0 saturated carbocycles. The van der Waals surface area contributed by atoms with Gasteiger partial charge in [-0.3, -0.25) is 10.2 Å². The molecular weight excluding hydrogens is 240 g/mol. The monoisotopic (exact) mass is 262 g/mol. The van der Waals surface area contributed by atoms with Crippen LogP contribution in [0.2, 0.25) is 0 Å². The van der Waals surface area contributed by atoms with Gasteiger partial charge in [0, 0.05) is 51.5 Å². The van der Waals surface area contributed by atoms with Crippen molar-refractivity contribution in [1.29, 1.82) is 0 Å². The van der Waals surface area contributed by atoms with E-state index in [2.05, 4.69) is 17.4 Å². The lowest BCUT2D eigenvalue weighted by Gasteiger charge is -2.32. The third-order valence-electron chi connectivity index (χ3n) is 3.39. The smallest absolute Gasteiger partial charge is 0.265 e. The Morgan fingerprint density at radius 1 is 1.21 bits per heavy atom. The first-order valence-corrected chi connectivity index (χ1v) is 6.58. The van der Waals surface area contributed by atoms with Crippen LogP contribution < -0.4 is 10.3 Å². The van der Waals surface area contributed by atoms with Crippen LogP contribution in [-0.2, 0) is 0 Å². The highest BCUT2D eigenvalue weighted by molar-refractivity contribution is 5.94. The fourth-order valence-electron chi connectivity index (χ4n) is 2.05. The molecule has 0 unspecified atom stereocenters. The fourth-order valence-corrected chi connectivity index (χ4v) is 2.05. The fraction of sp³-hybridized carbons (Fsp3) is 0.500. The first-order chi connectivity index (χ1) is 9.06. The van der Waals surface area contributed by atoms with Crippen molar-refractivity contribution in [3.63, 3.8) is 0 Å². The van der Waals surface area contributed by atoms with Crippen molar-refractivity contribution >= 4 is 11.6 Å². The first kappa shape index (κ1) is 13.8. The average molecular weight is 262 g/mol. The van der Waals surface area contributed by atoms with E-state index in [0.29, 0.717) is 5.56 Å². The molecule has 1 heterocycles. The van der Waals surface area contributed by atoms with Gasteiger partial charge in [0.15, 0.2) is 0 Å². The molecule has 19 heavy (non-hydrogen) atoms. The van der Waals surface area contributed by atoms with Crippen LogP contribution in [0.15, 0.2) is 24.3 Å². The summed E-state index contributed by atoms with van der Waals surface area (Å²) in [6.07, 6.45) is 0. The Labute approximate surface area is 114 Å². The zero-order chi connectivity index (χ0) is 13.8. The maximum atomic E-state index is 12.2. The Hall–Kier alpha value is -1.59. The quantitative estimate of drug-likeness (QED) is 0.868. The van der Waals surface area contributed by atoms with E-state index in [1.165, 1.54) is 0 Å². The summed E-state index contributed by atoms with van der Waals surface area (Å²) in [6, 6.07) is 7.66. The number of nitrogens with zero attached hydrogens (tertiary/aromatic N) is 3. The van der Waals surface area contributed by atoms with Crippen LogP contribution in [0.25, 0.3) is 0 Å². The van der Waals surface area contributed by atoms with Gasteiger partial charge in [-0.15, -0.1) is 0 Å². The molecule has 5 nitrogen and oxygen atoms in total. The molecular formula is C14H22N4O. The standard InChI is InChI=1S/C14H22N4O/c1-16(2)13-6-4-5-12(11-13)14(19)15-18-9-7-17(3)8-10-18/h4-6,11H,7-10H2,1-3H3,(H,15,19). The second-order valence-electron chi connectivity index (χ2n) is 5.18. The van der Waals surface area contributed by atoms with Crippen molar-refractivity contribution in [3.8, 4) is 0 Å².